The van der Waals surface area contributed by atoms with Gasteiger partial charge in [0.2, 0.25) is 0 Å². The van der Waals surface area contributed by atoms with Crippen LogP contribution < -0.4 is 9.47 Å². The molecular weight excluding hydrogens is 314 g/mol. The summed E-state index contributed by atoms with van der Waals surface area (Å²) in [6.07, 6.45) is 0. The van der Waals surface area contributed by atoms with Gasteiger partial charge in [0.15, 0.2) is 0 Å². The molecule has 0 bridgehead atoms. The Hall–Kier alpha value is -2.75. The summed E-state index contributed by atoms with van der Waals surface area (Å²) < 4.78 is 17.9. The number of hydrogen-bond acceptors (Lipinski definition) is 4. The first-order valence-corrected chi connectivity index (χ1v) is 8.61. The molecule has 126 valence electrons. The summed E-state index contributed by atoms with van der Waals surface area (Å²) in [7, 11) is 0. The van der Waals surface area contributed by atoms with Gasteiger partial charge in [0.1, 0.15) is 17.0 Å². The minimum atomic E-state index is -0.390. The average molecular weight is 333 g/mol. The second-order valence-electron chi connectivity index (χ2n) is 7.24. The van der Waals surface area contributed by atoms with E-state index in [0.29, 0.717) is 12.6 Å². The van der Waals surface area contributed by atoms with Gasteiger partial charge >= 0.3 is 5.95 Å². The largest absolute Gasteiger partial charge is 0.493 e. The highest BCUT2D eigenvalue weighted by atomic mass is 16.6. The first-order valence-electron chi connectivity index (χ1n) is 8.61. The van der Waals surface area contributed by atoms with Crippen LogP contribution >= 0.6 is 0 Å². The summed E-state index contributed by atoms with van der Waals surface area (Å²) in [6.45, 7) is 4.80. The molecule has 0 unspecified atom stereocenters. The van der Waals surface area contributed by atoms with E-state index in [1.165, 1.54) is 5.56 Å². The molecule has 0 spiro atoms. The number of hydrogen-bond donors (Lipinski definition) is 0. The molecule has 0 saturated heterocycles. The molecule has 1 aromatic heterocycles. The van der Waals surface area contributed by atoms with E-state index in [1.54, 1.807) is 0 Å². The van der Waals surface area contributed by atoms with Gasteiger partial charge in [-0.05, 0) is 19.9 Å². The first kappa shape index (κ1) is 14.6. The monoisotopic (exact) mass is 333 g/mol. The Bertz CT molecular complexity index is 929. The van der Waals surface area contributed by atoms with E-state index in [9.17, 15) is 0 Å². The summed E-state index contributed by atoms with van der Waals surface area (Å²) in [5, 5.41) is 4.36. The topological polar surface area (TPSA) is 44.5 Å². The molecule has 2 aromatic carbocycles. The van der Waals surface area contributed by atoms with Gasteiger partial charge in [-0.25, -0.2) is 0 Å². The van der Waals surface area contributed by atoms with Gasteiger partial charge in [-0.2, -0.15) is 0 Å². The van der Waals surface area contributed by atoms with Gasteiger partial charge in [0.25, 0.3) is 0 Å². The molecule has 3 aromatic rings. The van der Waals surface area contributed by atoms with Crippen LogP contribution in [0.25, 0.3) is 11.3 Å². The number of benzene rings is 2. The van der Waals surface area contributed by atoms with Crippen LogP contribution in [0.4, 0.5) is 0 Å². The van der Waals surface area contributed by atoms with Crippen molar-refractivity contribution >= 4 is 0 Å². The van der Waals surface area contributed by atoms with Crippen LogP contribution in [0.15, 0.2) is 59.1 Å². The summed E-state index contributed by atoms with van der Waals surface area (Å²) in [5.41, 5.74) is 3.72. The molecule has 4 heteroatoms. The third kappa shape index (κ3) is 2.10. The highest BCUT2D eigenvalue weighted by Crippen LogP contribution is 2.54. The predicted octanol–water partition coefficient (Wildman–Crippen LogP) is 4.65. The molecule has 25 heavy (non-hydrogen) atoms. The quantitative estimate of drug-likeness (QED) is 0.650. The molecule has 0 N–H and O–H groups in total. The second kappa shape index (κ2) is 5.12. The Kier molecular flexibility index (Phi) is 2.99. The Labute approximate surface area is 146 Å². The molecule has 0 saturated carbocycles. The smallest absolute Gasteiger partial charge is 0.316 e. The lowest BCUT2D eigenvalue weighted by Crippen LogP contribution is -2.49. The molecule has 2 atom stereocenters. The van der Waals surface area contributed by atoms with Crippen molar-refractivity contribution in [3.8, 4) is 23.0 Å². The maximum Gasteiger partial charge on any atom is 0.316 e. The van der Waals surface area contributed by atoms with E-state index in [4.69, 9.17) is 14.0 Å². The van der Waals surface area contributed by atoms with Gasteiger partial charge in [-0.15, -0.1) is 0 Å². The lowest BCUT2D eigenvalue weighted by Gasteiger charge is -2.45. The zero-order valence-corrected chi connectivity index (χ0v) is 14.2. The molecule has 4 nitrogen and oxygen atoms in total. The molecule has 2 aliphatic rings. The Balaban J connectivity index is 1.76. The fourth-order valence-corrected chi connectivity index (χ4v) is 4.07. The van der Waals surface area contributed by atoms with E-state index >= 15 is 0 Å². The average Bonchev–Trinajstić information content (AvgIpc) is 3.04. The normalized spacial score (nSPS) is 22.8. The van der Waals surface area contributed by atoms with Crippen molar-refractivity contribution in [3.05, 3.63) is 65.7 Å². The fraction of sp³-hybridized carbons (Fsp3) is 0.286. The Morgan fingerprint density at radius 2 is 1.76 bits per heavy atom. The van der Waals surface area contributed by atoms with Crippen molar-refractivity contribution in [1.82, 2.24) is 5.16 Å². The maximum atomic E-state index is 6.20. The number of nitrogens with zero attached hydrogens (tertiary/aromatic N) is 1. The molecule has 0 fully saturated rings. The van der Waals surface area contributed by atoms with Gasteiger partial charge in [-0.1, -0.05) is 53.7 Å². The van der Waals surface area contributed by atoms with Crippen molar-refractivity contribution in [1.29, 1.82) is 0 Å². The lowest BCUT2D eigenvalue weighted by atomic mass is 9.70. The number of para-hydroxylation sites is 1. The minimum Gasteiger partial charge on any atom is -0.493 e. The minimum absolute atomic E-state index is 0.144. The SMILES string of the molecule is CC1(C)Oc2onc(-c3ccccc3)c2[C@@H]2c3ccccc3OC[C@H]21. The summed E-state index contributed by atoms with van der Waals surface area (Å²) in [6, 6.07) is 18.4. The molecule has 5 rings (SSSR count). The van der Waals surface area contributed by atoms with Crippen LogP contribution in [0.1, 0.15) is 30.9 Å². The molecule has 2 aliphatic heterocycles. The van der Waals surface area contributed by atoms with E-state index in [0.717, 1.165) is 22.6 Å². The zero-order valence-electron chi connectivity index (χ0n) is 14.2. The lowest BCUT2D eigenvalue weighted by molar-refractivity contribution is -0.0335. The van der Waals surface area contributed by atoms with E-state index in [-0.39, 0.29) is 11.8 Å². The van der Waals surface area contributed by atoms with Crippen molar-refractivity contribution < 1.29 is 14.0 Å². The Morgan fingerprint density at radius 3 is 2.60 bits per heavy atom. The van der Waals surface area contributed by atoms with Crippen LogP contribution in [-0.2, 0) is 0 Å². The van der Waals surface area contributed by atoms with Crippen molar-refractivity contribution in [2.24, 2.45) is 5.92 Å². The third-order valence-corrected chi connectivity index (χ3v) is 5.38. The van der Waals surface area contributed by atoms with E-state index in [1.807, 2.05) is 30.3 Å². The second-order valence-corrected chi connectivity index (χ2v) is 7.24. The summed E-state index contributed by atoms with van der Waals surface area (Å²) >= 11 is 0. The van der Waals surface area contributed by atoms with Gasteiger partial charge < -0.3 is 14.0 Å². The van der Waals surface area contributed by atoms with E-state index in [2.05, 4.69) is 43.3 Å². The van der Waals surface area contributed by atoms with E-state index < -0.39 is 5.60 Å². The van der Waals surface area contributed by atoms with Crippen LogP contribution in [0.5, 0.6) is 11.7 Å². The highest BCUT2D eigenvalue weighted by Gasteiger charge is 2.50. The number of ether oxygens (including phenoxy) is 2. The van der Waals surface area contributed by atoms with Crippen LogP contribution in [0, 0.1) is 5.92 Å². The predicted molar refractivity (Wildman–Crippen MR) is 93.9 cm³/mol. The highest BCUT2D eigenvalue weighted by molar-refractivity contribution is 5.68. The number of fused-ring (bicyclic) bond motifs is 5. The van der Waals surface area contributed by atoms with Crippen LogP contribution in [-0.4, -0.2) is 17.4 Å². The molecule has 0 amide bonds. The van der Waals surface area contributed by atoms with Gasteiger partial charge in [-0.3, -0.25) is 0 Å². The van der Waals surface area contributed by atoms with Crippen molar-refractivity contribution in [2.75, 3.05) is 6.61 Å². The number of aromatic nitrogens is 1. The van der Waals surface area contributed by atoms with Crippen LogP contribution in [0.3, 0.4) is 0 Å². The maximum absolute atomic E-state index is 6.20. The number of rotatable bonds is 1. The molecule has 0 radical (unpaired) electrons. The third-order valence-electron chi connectivity index (χ3n) is 5.38. The van der Waals surface area contributed by atoms with Crippen molar-refractivity contribution in [2.45, 2.75) is 25.4 Å². The summed E-state index contributed by atoms with van der Waals surface area (Å²) in [5.74, 6) is 1.80. The summed E-state index contributed by atoms with van der Waals surface area (Å²) in [4.78, 5) is 0. The first-order chi connectivity index (χ1) is 12.1. The van der Waals surface area contributed by atoms with Gasteiger partial charge in [0, 0.05) is 23.0 Å². The van der Waals surface area contributed by atoms with Crippen molar-refractivity contribution in [3.63, 3.8) is 0 Å². The Morgan fingerprint density at radius 1 is 1.00 bits per heavy atom. The fourth-order valence-electron chi connectivity index (χ4n) is 4.07. The van der Waals surface area contributed by atoms with Crippen LogP contribution in [0.2, 0.25) is 0 Å². The molecule has 0 aliphatic carbocycles. The zero-order chi connectivity index (χ0) is 17.0. The molecular formula is C21H19NO3. The standard InChI is InChI=1S/C21H19NO3/c1-21(2)15-12-23-16-11-7-6-10-14(16)17(15)18-19(22-25-20(18)24-21)13-8-4-3-5-9-13/h3-11,15,17H,12H2,1-2H3/t15-,17-/m1/s1. The molecule has 3 heterocycles. The van der Waals surface area contributed by atoms with Gasteiger partial charge in [0.05, 0.1) is 12.2 Å².